The molecular weight excluding hydrogens is 462 g/mol. The quantitative estimate of drug-likeness (QED) is 0.429. The highest BCUT2D eigenvalue weighted by molar-refractivity contribution is 7.09. The predicted molar refractivity (Wildman–Crippen MR) is 139 cm³/mol. The van der Waals surface area contributed by atoms with Crippen LogP contribution in [-0.4, -0.2) is 45.3 Å². The lowest BCUT2D eigenvalue weighted by molar-refractivity contribution is -0.154. The number of hydrogen-bond acceptors (Lipinski definition) is 7. The number of cyclic esters (lactones) is 1. The molecular formula is C28H41NO5S. The monoisotopic (exact) mass is 503 g/mol. The van der Waals surface area contributed by atoms with Crippen LogP contribution in [0.2, 0.25) is 0 Å². The zero-order valence-corrected chi connectivity index (χ0v) is 22.9. The summed E-state index contributed by atoms with van der Waals surface area (Å²) in [5, 5.41) is 24.7. The van der Waals surface area contributed by atoms with Crippen LogP contribution in [0.4, 0.5) is 0 Å². The Labute approximate surface area is 213 Å². The molecule has 7 heteroatoms. The van der Waals surface area contributed by atoms with E-state index >= 15 is 0 Å². The van der Waals surface area contributed by atoms with Crippen molar-refractivity contribution in [2.45, 2.75) is 92.5 Å². The van der Waals surface area contributed by atoms with E-state index < -0.39 is 35.6 Å². The smallest absolute Gasteiger partial charge is 0.309 e. The van der Waals surface area contributed by atoms with E-state index in [9.17, 15) is 19.8 Å². The van der Waals surface area contributed by atoms with E-state index in [1.54, 1.807) is 32.1 Å². The number of aliphatic hydroxyl groups is 2. The minimum atomic E-state index is -1.21. The van der Waals surface area contributed by atoms with Crippen LogP contribution in [0.1, 0.15) is 77.9 Å². The van der Waals surface area contributed by atoms with E-state index in [1.165, 1.54) is 5.57 Å². The highest BCUT2D eigenvalue weighted by atomic mass is 32.1. The first kappa shape index (κ1) is 27.8. The summed E-state index contributed by atoms with van der Waals surface area (Å²) in [7, 11) is 0. The van der Waals surface area contributed by atoms with Gasteiger partial charge in [-0.25, -0.2) is 4.98 Å². The molecule has 0 spiro atoms. The van der Waals surface area contributed by atoms with Crippen LogP contribution in [0.3, 0.4) is 0 Å². The van der Waals surface area contributed by atoms with Gasteiger partial charge >= 0.3 is 5.97 Å². The summed E-state index contributed by atoms with van der Waals surface area (Å²) in [6.45, 7) is 13.0. The molecule has 0 saturated heterocycles. The van der Waals surface area contributed by atoms with E-state index in [4.69, 9.17) is 4.74 Å². The number of aromatic nitrogens is 1. The van der Waals surface area contributed by atoms with Crippen molar-refractivity contribution in [1.82, 2.24) is 4.98 Å². The molecule has 1 aromatic rings. The lowest BCUT2D eigenvalue weighted by Crippen LogP contribution is -2.45. The number of ether oxygens (including phenoxy) is 1. The maximum Gasteiger partial charge on any atom is 0.309 e. The van der Waals surface area contributed by atoms with Crippen LogP contribution in [0, 0.1) is 36.0 Å². The second-order valence-corrected chi connectivity index (χ2v) is 12.3. The summed E-state index contributed by atoms with van der Waals surface area (Å²) in [6.07, 6.45) is 3.81. The third kappa shape index (κ3) is 6.69. The van der Waals surface area contributed by atoms with Gasteiger partial charge < -0.3 is 14.9 Å². The van der Waals surface area contributed by atoms with Crippen LogP contribution >= 0.6 is 11.3 Å². The number of fused-ring (bicyclic) bond motifs is 1. The van der Waals surface area contributed by atoms with Crippen molar-refractivity contribution < 1.29 is 24.5 Å². The molecule has 2 N–H and O–H groups in total. The molecule has 35 heavy (non-hydrogen) atoms. The second kappa shape index (κ2) is 11.1. The van der Waals surface area contributed by atoms with Crippen molar-refractivity contribution in [3.8, 4) is 0 Å². The van der Waals surface area contributed by atoms with Crippen molar-refractivity contribution in [2.75, 3.05) is 0 Å². The number of aliphatic hydroxyl groups excluding tert-OH is 2. The minimum Gasteiger partial charge on any atom is -0.457 e. The van der Waals surface area contributed by atoms with E-state index in [-0.39, 0.29) is 18.1 Å². The molecule has 1 fully saturated rings. The molecule has 0 bridgehead atoms. The standard InChI is InChI=1S/C28H41NO5S/c1-15-8-9-23(16(2)11-21-14-35-19(5)29-21)34-25(31)13-24(30)28(6,7)27(33)18(4)26(32)17(3)10-20-12-22(15)20/h8,11,14,17-18,20,22-24,26,30,32H,9-10,12-13H2,1-7H3/b15-8-,16-11+/t17-,18+,20?,22?,23?,24-,26-/m0/s1. The third-order valence-electron chi connectivity index (χ3n) is 7.97. The Kier molecular flexibility index (Phi) is 8.77. The van der Waals surface area contributed by atoms with Crippen LogP contribution in [0.25, 0.3) is 6.08 Å². The van der Waals surface area contributed by atoms with Gasteiger partial charge in [-0.05, 0) is 63.0 Å². The van der Waals surface area contributed by atoms with Gasteiger partial charge in [0.15, 0.2) is 0 Å². The number of carbonyl (C=O) groups is 2. The Balaban J connectivity index is 1.89. The number of thiazole rings is 1. The molecule has 0 aromatic carbocycles. The van der Waals surface area contributed by atoms with Crippen LogP contribution < -0.4 is 0 Å². The summed E-state index contributed by atoms with van der Waals surface area (Å²) < 4.78 is 5.86. The summed E-state index contributed by atoms with van der Waals surface area (Å²) in [4.78, 5) is 30.6. The zero-order chi connectivity index (χ0) is 26.1. The normalized spacial score (nSPS) is 36.7. The molecule has 2 aliphatic rings. The van der Waals surface area contributed by atoms with Gasteiger partial charge in [0.1, 0.15) is 11.9 Å². The van der Waals surface area contributed by atoms with Gasteiger partial charge in [-0.2, -0.15) is 0 Å². The number of rotatable bonds is 2. The van der Waals surface area contributed by atoms with Crippen molar-refractivity contribution in [1.29, 1.82) is 0 Å². The SMILES string of the molecule is C/C1=C/CC(/C(C)=C/c2csc(C)n2)OC(=O)C[C@H](O)C(C)(C)C(=O)[C@H](C)[C@@H](O)[C@@H](C)CC2CC12. The van der Waals surface area contributed by atoms with E-state index in [0.29, 0.717) is 18.3 Å². The number of ketones is 1. The molecule has 6 nitrogen and oxygen atoms in total. The van der Waals surface area contributed by atoms with Gasteiger partial charge in [0.2, 0.25) is 0 Å². The maximum absolute atomic E-state index is 13.3. The van der Waals surface area contributed by atoms with Gasteiger partial charge in [0.25, 0.3) is 0 Å². The highest BCUT2D eigenvalue weighted by Crippen LogP contribution is 2.49. The Hall–Kier alpha value is -1.83. The zero-order valence-electron chi connectivity index (χ0n) is 22.1. The topological polar surface area (TPSA) is 96.7 Å². The first-order valence-electron chi connectivity index (χ1n) is 12.7. The molecule has 0 amide bonds. The van der Waals surface area contributed by atoms with E-state index in [1.807, 2.05) is 32.2 Å². The second-order valence-electron chi connectivity index (χ2n) is 11.2. The lowest BCUT2D eigenvalue weighted by atomic mass is 9.73. The summed E-state index contributed by atoms with van der Waals surface area (Å²) >= 11 is 1.57. The molecule has 1 aromatic heterocycles. The number of esters is 1. The number of Topliss-reactive ketones (excluding diaryl/α,β-unsaturated/α-hetero) is 1. The number of nitrogens with zero attached hydrogens (tertiary/aromatic N) is 1. The first-order chi connectivity index (χ1) is 16.3. The molecule has 194 valence electrons. The maximum atomic E-state index is 13.3. The molecule has 3 unspecified atom stereocenters. The molecule has 1 saturated carbocycles. The van der Waals surface area contributed by atoms with Crippen molar-refractivity contribution in [3.63, 3.8) is 0 Å². The molecule has 0 radical (unpaired) electrons. The fraction of sp³-hybridized carbons (Fsp3) is 0.679. The Morgan fingerprint density at radius 3 is 2.51 bits per heavy atom. The summed E-state index contributed by atoms with van der Waals surface area (Å²) in [6, 6.07) is 0. The molecule has 7 atom stereocenters. The Bertz CT molecular complexity index is 993. The van der Waals surface area contributed by atoms with Gasteiger partial charge in [-0.3, -0.25) is 9.59 Å². The largest absolute Gasteiger partial charge is 0.457 e. The lowest BCUT2D eigenvalue weighted by Gasteiger charge is -2.34. The summed E-state index contributed by atoms with van der Waals surface area (Å²) in [5.74, 6) is -0.494. The van der Waals surface area contributed by atoms with Gasteiger partial charge in [-0.1, -0.05) is 39.3 Å². The summed E-state index contributed by atoms with van der Waals surface area (Å²) in [5.41, 5.74) is 1.81. The molecule has 2 heterocycles. The Morgan fingerprint density at radius 2 is 1.89 bits per heavy atom. The molecule has 1 aliphatic heterocycles. The van der Waals surface area contributed by atoms with Gasteiger partial charge in [-0.15, -0.1) is 11.3 Å². The minimum absolute atomic E-state index is 0.0259. The first-order valence-corrected chi connectivity index (χ1v) is 13.6. The van der Waals surface area contributed by atoms with Crippen molar-refractivity contribution in [2.24, 2.45) is 29.1 Å². The molecule has 3 rings (SSSR count). The van der Waals surface area contributed by atoms with Crippen molar-refractivity contribution >= 4 is 29.2 Å². The molecule has 1 aliphatic carbocycles. The fourth-order valence-electron chi connectivity index (χ4n) is 5.25. The average molecular weight is 504 g/mol. The van der Waals surface area contributed by atoms with Gasteiger partial charge in [0.05, 0.1) is 34.7 Å². The Morgan fingerprint density at radius 1 is 1.20 bits per heavy atom. The number of aryl methyl sites for hydroxylation is 1. The van der Waals surface area contributed by atoms with Crippen LogP contribution in [0.5, 0.6) is 0 Å². The number of hydrogen-bond donors (Lipinski definition) is 2. The van der Waals surface area contributed by atoms with E-state index in [2.05, 4.69) is 18.0 Å². The number of carbonyl (C=O) groups excluding carboxylic acids is 2. The highest BCUT2D eigenvalue weighted by Gasteiger charge is 2.44. The van der Waals surface area contributed by atoms with Crippen LogP contribution in [-0.2, 0) is 14.3 Å². The average Bonchev–Trinajstić information content (AvgIpc) is 3.44. The van der Waals surface area contributed by atoms with Crippen molar-refractivity contribution in [3.05, 3.63) is 33.3 Å². The predicted octanol–water partition coefficient (Wildman–Crippen LogP) is 5.12. The number of allylic oxidation sites excluding steroid dienone is 1. The third-order valence-corrected chi connectivity index (χ3v) is 8.76. The van der Waals surface area contributed by atoms with E-state index in [0.717, 1.165) is 29.1 Å². The van der Waals surface area contributed by atoms with Crippen LogP contribution in [0.15, 0.2) is 22.6 Å². The fourth-order valence-corrected chi connectivity index (χ4v) is 5.82. The van der Waals surface area contributed by atoms with Gasteiger partial charge in [0, 0.05) is 17.7 Å².